The van der Waals surface area contributed by atoms with E-state index < -0.39 is 4.92 Å². The van der Waals surface area contributed by atoms with Gasteiger partial charge in [0.05, 0.1) is 30.9 Å². The van der Waals surface area contributed by atoms with Crippen molar-refractivity contribution in [1.82, 2.24) is 15.1 Å². The molecule has 0 aliphatic heterocycles. The van der Waals surface area contributed by atoms with E-state index in [0.29, 0.717) is 22.7 Å². The number of rotatable bonds is 8. The third-order valence-electron chi connectivity index (χ3n) is 5.68. The largest absolute Gasteiger partial charge is 0.493 e. The molecule has 0 bridgehead atoms. The van der Waals surface area contributed by atoms with Crippen molar-refractivity contribution in [2.75, 3.05) is 20.8 Å². The Labute approximate surface area is 189 Å². The maximum atomic E-state index is 13.3. The number of carbonyl (C=O) groups excluding carboxylic acids is 1. The third kappa shape index (κ3) is 4.36. The van der Waals surface area contributed by atoms with Gasteiger partial charge in [-0.2, -0.15) is 5.10 Å². The Kier molecular flexibility index (Phi) is 6.25. The Balaban J connectivity index is 1.52. The molecule has 1 heterocycles. The van der Waals surface area contributed by atoms with E-state index in [-0.39, 0.29) is 36.1 Å². The fourth-order valence-corrected chi connectivity index (χ4v) is 4.09. The van der Waals surface area contributed by atoms with Gasteiger partial charge < -0.3 is 14.8 Å². The maximum absolute atomic E-state index is 13.3. The molecular formula is C23H23FN4O5. The van der Waals surface area contributed by atoms with Crippen LogP contribution in [0.2, 0.25) is 0 Å². The van der Waals surface area contributed by atoms with Crippen LogP contribution >= 0.6 is 0 Å². The zero-order valence-electron chi connectivity index (χ0n) is 18.3. The Morgan fingerprint density at radius 1 is 1.18 bits per heavy atom. The van der Waals surface area contributed by atoms with Crippen molar-refractivity contribution in [3.8, 4) is 17.2 Å². The number of nitro groups is 1. The van der Waals surface area contributed by atoms with Crippen LogP contribution < -0.4 is 14.8 Å². The number of ether oxygens (including phenoxy) is 2. The highest BCUT2D eigenvalue weighted by Gasteiger charge is 2.27. The minimum atomic E-state index is -0.490. The first kappa shape index (κ1) is 22.3. The molecule has 1 aliphatic rings. The lowest BCUT2D eigenvalue weighted by molar-refractivity contribution is -0.385. The van der Waals surface area contributed by atoms with Crippen molar-refractivity contribution in [1.29, 1.82) is 0 Å². The normalized spacial score (nSPS) is 12.3. The highest BCUT2D eigenvalue weighted by atomic mass is 19.1. The summed E-state index contributed by atoms with van der Waals surface area (Å²) in [6.07, 6.45) is 2.65. The molecule has 4 rings (SSSR count). The summed E-state index contributed by atoms with van der Waals surface area (Å²) in [6, 6.07) is 8.82. The van der Waals surface area contributed by atoms with Crippen molar-refractivity contribution in [3.05, 3.63) is 74.8 Å². The molecule has 172 valence electrons. The van der Waals surface area contributed by atoms with Gasteiger partial charge in [-0.3, -0.25) is 14.9 Å². The van der Waals surface area contributed by atoms with E-state index >= 15 is 0 Å². The highest BCUT2D eigenvalue weighted by Crippen LogP contribution is 2.34. The van der Waals surface area contributed by atoms with Crippen molar-refractivity contribution < 1.29 is 23.6 Å². The molecule has 3 aromatic rings. The number of nitrogens with zero attached hydrogens (tertiary/aromatic N) is 3. The van der Waals surface area contributed by atoms with E-state index in [4.69, 9.17) is 9.47 Å². The molecule has 10 heteroatoms. The molecule has 0 fully saturated rings. The van der Waals surface area contributed by atoms with Gasteiger partial charge in [0.15, 0.2) is 17.2 Å². The van der Waals surface area contributed by atoms with E-state index in [2.05, 4.69) is 10.4 Å². The Hall–Kier alpha value is -3.95. The standard InChI is InChI=1S/C23H23FN4O5/c1-32-20-12-14(19(28(30)31)13-21(20)33-2)10-11-25-23(29)22-17-4-3-5-18(17)27(26-22)16-8-6-15(24)7-9-16/h6-9,12-13H,3-5,10-11H2,1-2H3,(H,25,29). The second-order valence-electron chi connectivity index (χ2n) is 7.61. The summed E-state index contributed by atoms with van der Waals surface area (Å²) < 4.78 is 25.4. The van der Waals surface area contributed by atoms with Gasteiger partial charge in [-0.05, 0) is 56.0 Å². The van der Waals surface area contributed by atoms with Crippen LogP contribution in [0.5, 0.6) is 11.5 Å². The monoisotopic (exact) mass is 454 g/mol. The van der Waals surface area contributed by atoms with Crippen LogP contribution in [0.3, 0.4) is 0 Å². The van der Waals surface area contributed by atoms with Crippen LogP contribution in [0.25, 0.3) is 5.69 Å². The van der Waals surface area contributed by atoms with E-state index in [0.717, 1.165) is 30.5 Å². The van der Waals surface area contributed by atoms with Crippen LogP contribution in [-0.2, 0) is 19.3 Å². The van der Waals surface area contributed by atoms with Gasteiger partial charge in [-0.1, -0.05) is 0 Å². The number of halogens is 1. The molecule has 0 atom stereocenters. The highest BCUT2D eigenvalue weighted by molar-refractivity contribution is 5.94. The van der Waals surface area contributed by atoms with E-state index in [9.17, 15) is 19.3 Å². The van der Waals surface area contributed by atoms with E-state index in [1.807, 2.05) is 0 Å². The molecule has 33 heavy (non-hydrogen) atoms. The lowest BCUT2D eigenvalue weighted by Gasteiger charge is -2.11. The van der Waals surface area contributed by atoms with Gasteiger partial charge in [0.2, 0.25) is 0 Å². The second-order valence-corrected chi connectivity index (χ2v) is 7.61. The lowest BCUT2D eigenvalue weighted by atomic mass is 10.1. The number of carbonyl (C=O) groups is 1. The van der Waals surface area contributed by atoms with Crippen molar-refractivity contribution >= 4 is 11.6 Å². The second kappa shape index (κ2) is 9.27. The molecule has 0 unspecified atom stereocenters. The van der Waals surface area contributed by atoms with Crippen LogP contribution in [0.1, 0.15) is 33.7 Å². The first-order valence-corrected chi connectivity index (χ1v) is 10.5. The number of amides is 1. The molecule has 2 aromatic carbocycles. The first-order valence-electron chi connectivity index (χ1n) is 10.5. The lowest BCUT2D eigenvalue weighted by Crippen LogP contribution is -2.27. The molecule has 1 amide bonds. The van der Waals surface area contributed by atoms with Gasteiger partial charge in [0, 0.05) is 23.4 Å². The average Bonchev–Trinajstić information content (AvgIpc) is 3.42. The number of aromatic nitrogens is 2. The number of nitro benzene ring substituents is 1. The number of methoxy groups -OCH3 is 2. The molecule has 1 aliphatic carbocycles. The summed E-state index contributed by atoms with van der Waals surface area (Å²) in [6.45, 7) is 0.174. The number of fused-ring (bicyclic) bond motifs is 1. The van der Waals surface area contributed by atoms with Gasteiger partial charge in [0.25, 0.3) is 11.6 Å². The zero-order chi connectivity index (χ0) is 23.5. The summed E-state index contributed by atoms with van der Waals surface area (Å²) in [7, 11) is 2.86. The Morgan fingerprint density at radius 3 is 2.55 bits per heavy atom. The number of benzene rings is 2. The molecule has 9 nitrogen and oxygen atoms in total. The predicted octanol–water partition coefficient (Wildman–Crippen LogP) is 3.40. The molecule has 0 saturated heterocycles. The molecule has 0 saturated carbocycles. The van der Waals surface area contributed by atoms with Gasteiger partial charge in [0.1, 0.15) is 5.82 Å². The summed E-state index contributed by atoms with van der Waals surface area (Å²) in [5, 5.41) is 18.8. The smallest absolute Gasteiger partial charge is 0.276 e. The summed E-state index contributed by atoms with van der Waals surface area (Å²) in [5.41, 5.74) is 3.16. The topological polar surface area (TPSA) is 109 Å². The van der Waals surface area contributed by atoms with E-state index in [1.165, 1.54) is 32.4 Å². The Morgan fingerprint density at radius 2 is 1.88 bits per heavy atom. The summed E-state index contributed by atoms with van der Waals surface area (Å²) >= 11 is 0. The zero-order valence-corrected chi connectivity index (χ0v) is 18.3. The average molecular weight is 454 g/mol. The number of nitrogens with one attached hydrogen (secondary N) is 1. The van der Waals surface area contributed by atoms with Crippen molar-refractivity contribution in [2.45, 2.75) is 25.7 Å². The molecular weight excluding hydrogens is 431 g/mol. The van der Waals surface area contributed by atoms with Crippen LogP contribution in [0.15, 0.2) is 36.4 Å². The molecule has 1 aromatic heterocycles. The van der Waals surface area contributed by atoms with Crippen molar-refractivity contribution in [2.24, 2.45) is 0 Å². The third-order valence-corrected chi connectivity index (χ3v) is 5.68. The van der Waals surface area contributed by atoms with Gasteiger partial charge in [-0.25, -0.2) is 9.07 Å². The minimum Gasteiger partial charge on any atom is -0.493 e. The van der Waals surface area contributed by atoms with Crippen LogP contribution in [0.4, 0.5) is 10.1 Å². The van der Waals surface area contributed by atoms with Gasteiger partial charge >= 0.3 is 0 Å². The minimum absolute atomic E-state index is 0.108. The van der Waals surface area contributed by atoms with E-state index in [1.54, 1.807) is 22.9 Å². The van der Waals surface area contributed by atoms with Crippen LogP contribution in [-0.4, -0.2) is 41.4 Å². The SMILES string of the molecule is COc1cc(CCNC(=O)c2nn(-c3ccc(F)cc3)c3c2CCC3)c([N+](=O)[O-])cc1OC. The summed E-state index contributed by atoms with van der Waals surface area (Å²) in [4.78, 5) is 23.9. The summed E-state index contributed by atoms with van der Waals surface area (Å²) in [5.74, 6) is -0.0546. The molecule has 0 spiro atoms. The number of hydrogen-bond acceptors (Lipinski definition) is 6. The van der Waals surface area contributed by atoms with Crippen molar-refractivity contribution in [3.63, 3.8) is 0 Å². The molecule has 0 radical (unpaired) electrons. The van der Waals surface area contributed by atoms with Crippen LogP contribution in [0, 0.1) is 15.9 Å². The maximum Gasteiger partial charge on any atom is 0.276 e. The fraction of sp³-hybridized carbons (Fsp3) is 0.304. The van der Waals surface area contributed by atoms with Gasteiger partial charge in [-0.15, -0.1) is 0 Å². The quantitative estimate of drug-likeness (QED) is 0.413. The number of hydrogen-bond donors (Lipinski definition) is 1. The Bertz CT molecular complexity index is 1210. The predicted molar refractivity (Wildman–Crippen MR) is 118 cm³/mol. The first-order chi connectivity index (χ1) is 15.9. The fourth-order valence-electron chi connectivity index (χ4n) is 4.09. The molecule has 1 N–H and O–H groups in total.